The van der Waals surface area contributed by atoms with Gasteiger partial charge >= 0.3 is 0 Å². The first kappa shape index (κ1) is 19.1. The molecular weight excluding hydrogens is 373 g/mol. The van der Waals surface area contributed by atoms with Crippen molar-refractivity contribution in [3.8, 4) is 5.88 Å². The molecule has 1 aromatic heterocycles. The van der Waals surface area contributed by atoms with E-state index in [1.54, 1.807) is 0 Å². The maximum atomic E-state index is 14.1. The van der Waals surface area contributed by atoms with Crippen molar-refractivity contribution in [1.29, 1.82) is 0 Å². The van der Waals surface area contributed by atoms with Crippen LogP contribution in [-0.2, 0) is 10.0 Å². The van der Waals surface area contributed by atoms with Crippen LogP contribution in [0.4, 0.5) is 10.1 Å². The number of rotatable bonds is 3. The fourth-order valence-electron chi connectivity index (χ4n) is 2.64. The van der Waals surface area contributed by atoms with Gasteiger partial charge in [-0.3, -0.25) is 9.10 Å². The number of nitrogens with one attached hydrogen (secondary N) is 1. The molecule has 0 aliphatic carbocycles. The number of hydrogen-bond acceptors (Lipinski definition) is 5. The van der Waals surface area contributed by atoms with Crippen molar-refractivity contribution in [3.05, 3.63) is 47.9 Å². The van der Waals surface area contributed by atoms with E-state index in [1.165, 1.54) is 30.5 Å². The highest BCUT2D eigenvalue weighted by molar-refractivity contribution is 7.92. The molecule has 0 saturated carbocycles. The second kappa shape index (κ2) is 6.80. The van der Waals surface area contributed by atoms with Crippen LogP contribution in [-0.4, -0.2) is 38.0 Å². The van der Waals surface area contributed by atoms with Crippen LogP contribution >= 0.6 is 0 Å². The average Bonchev–Trinajstić information content (AvgIpc) is 2.59. The third kappa shape index (κ3) is 3.87. The number of fused-ring (bicyclic) bond motifs is 1. The van der Waals surface area contributed by atoms with Gasteiger partial charge in [-0.15, -0.1) is 0 Å². The van der Waals surface area contributed by atoms with E-state index in [0.717, 1.165) is 10.4 Å². The molecule has 0 atom stereocenters. The van der Waals surface area contributed by atoms with Crippen LogP contribution < -0.4 is 14.4 Å². The van der Waals surface area contributed by atoms with Crippen molar-refractivity contribution in [2.75, 3.05) is 17.5 Å². The van der Waals surface area contributed by atoms with E-state index in [4.69, 9.17) is 4.74 Å². The third-order valence-corrected chi connectivity index (χ3v) is 5.64. The Bertz CT molecular complexity index is 986. The van der Waals surface area contributed by atoms with Gasteiger partial charge in [0.25, 0.3) is 15.9 Å². The summed E-state index contributed by atoms with van der Waals surface area (Å²) in [6.07, 6.45) is 1.32. The number of benzene rings is 1. The van der Waals surface area contributed by atoms with E-state index in [-0.39, 0.29) is 30.3 Å². The standard InChI is InChI=1S/C18H20FN3O4S/c1-18(2,3)21-16(23)12-10-14-17(20-11-12)26-9-8-22(14)27(24,25)15-7-5-4-6-13(15)19/h4-7,10-11H,8-9H2,1-3H3,(H,21,23). The van der Waals surface area contributed by atoms with Crippen molar-refractivity contribution in [2.24, 2.45) is 0 Å². The summed E-state index contributed by atoms with van der Waals surface area (Å²) in [6.45, 7) is 5.54. The highest BCUT2D eigenvalue weighted by Gasteiger charge is 2.33. The lowest BCUT2D eigenvalue weighted by Gasteiger charge is -2.30. The van der Waals surface area contributed by atoms with E-state index in [2.05, 4.69) is 10.3 Å². The minimum absolute atomic E-state index is 0.0182. The third-order valence-electron chi connectivity index (χ3n) is 3.79. The predicted octanol–water partition coefficient (Wildman–Crippen LogP) is 2.34. The Morgan fingerprint density at radius 1 is 1.30 bits per heavy atom. The fourth-order valence-corrected chi connectivity index (χ4v) is 4.14. The van der Waals surface area contributed by atoms with Crippen molar-refractivity contribution in [1.82, 2.24) is 10.3 Å². The number of pyridine rings is 1. The lowest BCUT2D eigenvalue weighted by atomic mass is 10.1. The van der Waals surface area contributed by atoms with Gasteiger partial charge in [-0.25, -0.2) is 17.8 Å². The Hall–Kier alpha value is -2.68. The van der Waals surface area contributed by atoms with E-state index < -0.39 is 32.2 Å². The summed E-state index contributed by atoms with van der Waals surface area (Å²) in [5.74, 6) is -1.17. The zero-order valence-electron chi connectivity index (χ0n) is 15.2. The van der Waals surface area contributed by atoms with E-state index >= 15 is 0 Å². The smallest absolute Gasteiger partial charge is 0.267 e. The highest BCUT2D eigenvalue weighted by Crippen LogP contribution is 2.34. The summed E-state index contributed by atoms with van der Waals surface area (Å²) in [6, 6.07) is 6.53. The van der Waals surface area contributed by atoms with Crippen LogP contribution in [0.5, 0.6) is 5.88 Å². The van der Waals surface area contributed by atoms with Crippen molar-refractivity contribution >= 4 is 21.6 Å². The van der Waals surface area contributed by atoms with Crippen molar-refractivity contribution in [2.45, 2.75) is 31.2 Å². The molecular formula is C18H20FN3O4S. The van der Waals surface area contributed by atoms with Crippen molar-refractivity contribution in [3.63, 3.8) is 0 Å². The number of hydrogen-bond donors (Lipinski definition) is 1. The number of nitrogens with zero attached hydrogens (tertiary/aromatic N) is 2. The molecule has 2 heterocycles. The number of halogens is 1. The Morgan fingerprint density at radius 3 is 2.67 bits per heavy atom. The molecule has 2 aromatic rings. The maximum Gasteiger partial charge on any atom is 0.267 e. The molecule has 0 bridgehead atoms. The Kier molecular flexibility index (Phi) is 4.81. The molecule has 1 aliphatic rings. The number of anilines is 1. The molecule has 144 valence electrons. The molecule has 9 heteroatoms. The van der Waals surface area contributed by atoms with Gasteiger partial charge in [0.1, 0.15) is 23.0 Å². The summed E-state index contributed by atoms with van der Waals surface area (Å²) in [5.41, 5.74) is -0.184. The van der Waals surface area contributed by atoms with Gasteiger partial charge in [0.2, 0.25) is 5.88 Å². The molecule has 1 amide bonds. The van der Waals surface area contributed by atoms with Gasteiger partial charge in [-0.05, 0) is 39.0 Å². The van der Waals surface area contributed by atoms with Crippen LogP contribution in [0.15, 0.2) is 41.4 Å². The van der Waals surface area contributed by atoms with Crippen LogP contribution in [0.3, 0.4) is 0 Å². The summed E-state index contributed by atoms with van der Waals surface area (Å²) in [7, 11) is -4.18. The molecule has 0 radical (unpaired) electrons. The average molecular weight is 393 g/mol. The first-order chi connectivity index (χ1) is 12.6. The first-order valence-electron chi connectivity index (χ1n) is 8.32. The van der Waals surface area contributed by atoms with Crippen LogP contribution in [0, 0.1) is 5.82 Å². The molecule has 0 saturated heterocycles. The lowest BCUT2D eigenvalue weighted by molar-refractivity contribution is 0.0919. The number of sulfonamides is 1. The molecule has 0 unspecified atom stereocenters. The van der Waals surface area contributed by atoms with Crippen LogP contribution in [0.25, 0.3) is 0 Å². The fraction of sp³-hybridized carbons (Fsp3) is 0.333. The molecule has 1 aliphatic heterocycles. The minimum Gasteiger partial charge on any atom is -0.474 e. The summed E-state index contributed by atoms with van der Waals surface area (Å²) in [4.78, 5) is 16.0. The molecule has 1 aromatic carbocycles. The van der Waals surface area contributed by atoms with Gasteiger partial charge in [-0.1, -0.05) is 12.1 Å². The van der Waals surface area contributed by atoms with Gasteiger partial charge in [0.05, 0.1) is 12.1 Å². The minimum atomic E-state index is -4.18. The Morgan fingerprint density at radius 2 is 2.00 bits per heavy atom. The summed E-state index contributed by atoms with van der Waals surface area (Å²) >= 11 is 0. The van der Waals surface area contributed by atoms with Gasteiger partial charge in [0, 0.05) is 11.7 Å². The van der Waals surface area contributed by atoms with Gasteiger partial charge in [-0.2, -0.15) is 0 Å². The monoisotopic (exact) mass is 393 g/mol. The predicted molar refractivity (Wildman–Crippen MR) is 97.9 cm³/mol. The molecule has 3 rings (SSSR count). The largest absolute Gasteiger partial charge is 0.474 e. The van der Waals surface area contributed by atoms with E-state index in [1.807, 2.05) is 20.8 Å². The normalized spacial score (nSPS) is 14.3. The Labute approximate surface area is 157 Å². The molecule has 27 heavy (non-hydrogen) atoms. The first-order valence-corrected chi connectivity index (χ1v) is 9.76. The van der Waals surface area contributed by atoms with Gasteiger partial charge < -0.3 is 10.1 Å². The highest BCUT2D eigenvalue weighted by atomic mass is 32.2. The molecule has 1 N–H and O–H groups in total. The summed E-state index contributed by atoms with van der Waals surface area (Å²) in [5, 5.41) is 2.79. The number of aromatic nitrogens is 1. The number of ether oxygens (including phenoxy) is 1. The van der Waals surface area contributed by atoms with E-state index in [9.17, 15) is 17.6 Å². The number of carbonyl (C=O) groups is 1. The lowest BCUT2D eigenvalue weighted by Crippen LogP contribution is -2.41. The second-order valence-electron chi connectivity index (χ2n) is 7.11. The quantitative estimate of drug-likeness (QED) is 0.865. The number of amides is 1. The van der Waals surface area contributed by atoms with Crippen LogP contribution in [0.1, 0.15) is 31.1 Å². The van der Waals surface area contributed by atoms with Crippen LogP contribution in [0.2, 0.25) is 0 Å². The maximum absolute atomic E-state index is 14.1. The second-order valence-corrected chi connectivity index (χ2v) is 8.94. The van der Waals surface area contributed by atoms with Gasteiger partial charge in [0.15, 0.2) is 0 Å². The Balaban J connectivity index is 2.04. The number of carbonyl (C=O) groups excluding carboxylic acids is 1. The van der Waals surface area contributed by atoms with Crippen molar-refractivity contribution < 1.29 is 22.3 Å². The zero-order chi connectivity index (χ0) is 19.8. The topological polar surface area (TPSA) is 88.6 Å². The summed E-state index contributed by atoms with van der Waals surface area (Å²) < 4.78 is 46.5. The molecule has 0 spiro atoms. The SMILES string of the molecule is CC(C)(C)NC(=O)c1cnc2c(c1)N(S(=O)(=O)c1ccccc1F)CCO2. The molecule has 0 fully saturated rings. The molecule has 7 nitrogen and oxygen atoms in total. The zero-order valence-corrected chi connectivity index (χ0v) is 16.0. The van der Waals surface area contributed by atoms with E-state index in [0.29, 0.717) is 0 Å².